The van der Waals surface area contributed by atoms with Crippen LogP contribution in [0.4, 0.5) is 0 Å². The molecule has 1 amide bonds. The average molecular weight is 356 g/mol. The lowest BCUT2D eigenvalue weighted by molar-refractivity contribution is -0.137. The number of carboxylic acid groups (broad SMARTS) is 1. The van der Waals surface area contributed by atoms with Gasteiger partial charge in [-0.25, -0.2) is 0 Å². The summed E-state index contributed by atoms with van der Waals surface area (Å²) < 4.78 is 1.01. The molecule has 4 nitrogen and oxygen atoms in total. The zero-order valence-electron chi connectivity index (χ0n) is 12.5. The number of amides is 1. The van der Waals surface area contributed by atoms with Gasteiger partial charge in [-0.3, -0.25) is 9.59 Å². The summed E-state index contributed by atoms with van der Waals surface area (Å²) in [6, 6.07) is 3.84. The van der Waals surface area contributed by atoms with Crippen molar-refractivity contribution in [2.45, 2.75) is 46.0 Å². The van der Waals surface area contributed by atoms with Gasteiger partial charge >= 0.3 is 5.97 Å². The summed E-state index contributed by atoms with van der Waals surface area (Å²) in [6.07, 6.45) is 3.63. The third-order valence-corrected chi connectivity index (χ3v) is 4.21. The normalized spacial score (nSPS) is 10.4. The van der Waals surface area contributed by atoms with Crippen LogP contribution in [0.15, 0.2) is 16.6 Å². The molecule has 0 aromatic heterocycles. The van der Waals surface area contributed by atoms with E-state index in [0.29, 0.717) is 18.5 Å². The van der Waals surface area contributed by atoms with Gasteiger partial charge < -0.3 is 10.4 Å². The third kappa shape index (κ3) is 6.29. The molecule has 0 unspecified atom stereocenters. The summed E-state index contributed by atoms with van der Waals surface area (Å²) in [4.78, 5) is 22.5. The summed E-state index contributed by atoms with van der Waals surface area (Å²) in [5.41, 5.74) is 2.70. The molecule has 0 spiro atoms. The molecule has 0 heterocycles. The maximum atomic E-state index is 12.1. The van der Waals surface area contributed by atoms with E-state index in [9.17, 15) is 9.59 Å². The Morgan fingerprint density at radius 1 is 1.10 bits per heavy atom. The highest BCUT2D eigenvalue weighted by Crippen LogP contribution is 2.21. The molecule has 0 saturated heterocycles. The van der Waals surface area contributed by atoms with Gasteiger partial charge in [0.25, 0.3) is 5.91 Å². The summed E-state index contributed by atoms with van der Waals surface area (Å²) in [7, 11) is 0. The average Bonchev–Trinajstić information content (AvgIpc) is 2.41. The Morgan fingerprint density at radius 2 is 1.76 bits per heavy atom. The standard InChI is InChI=1S/C16H22BrNO3/c1-11-10-14(17)12(2)9-13(11)16(21)18-8-6-4-3-5-7-15(19)20/h9-10H,3-8H2,1-2H3,(H,18,21)(H,19,20). The van der Waals surface area contributed by atoms with Crippen molar-refractivity contribution in [2.75, 3.05) is 6.54 Å². The molecule has 5 heteroatoms. The zero-order chi connectivity index (χ0) is 15.8. The fraction of sp³-hybridized carbons (Fsp3) is 0.500. The molecule has 116 valence electrons. The number of unbranched alkanes of at least 4 members (excludes halogenated alkanes) is 3. The molecular weight excluding hydrogens is 334 g/mol. The zero-order valence-corrected chi connectivity index (χ0v) is 14.1. The van der Waals surface area contributed by atoms with Gasteiger partial charge in [-0.15, -0.1) is 0 Å². The van der Waals surface area contributed by atoms with Gasteiger partial charge in [0.15, 0.2) is 0 Å². The minimum Gasteiger partial charge on any atom is -0.481 e. The van der Waals surface area contributed by atoms with Gasteiger partial charge in [-0.1, -0.05) is 28.8 Å². The number of aliphatic carboxylic acids is 1. The molecule has 0 atom stereocenters. The van der Waals surface area contributed by atoms with E-state index in [0.717, 1.165) is 34.9 Å². The van der Waals surface area contributed by atoms with E-state index in [1.165, 1.54) is 0 Å². The van der Waals surface area contributed by atoms with Gasteiger partial charge in [-0.2, -0.15) is 0 Å². The van der Waals surface area contributed by atoms with E-state index >= 15 is 0 Å². The molecule has 0 aliphatic rings. The fourth-order valence-corrected chi connectivity index (χ4v) is 2.54. The van der Waals surface area contributed by atoms with Crippen molar-refractivity contribution in [3.8, 4) is 0 Å². The lowest BCUT2D eigenvalue weighted by Crippen LogP contribution is -2.25. The van der Waals surface area contributed by atoms with Crippen LogP contribution in [-0.2, 0) is 4.79 Å². The first kappa shape index (κ1) is 17.7. The lowest BCUT2D eigenvalue weighted by Gasteiger charge is -2.10. The second kappa shape index (κ2) is 8.82. The van der Waals surface area contributed by atoms with Crippen LogP contribution in [0.25, 0.3) is 0 Å². The Bertz CT molecular complexity index is 514. The van der Waals surface area contributed by atoms with Crippen molar-refractivity contribution in [3.05, 3.63) is 33.3 Å². The molecule has 1 rings (SSSR count). The van der Waals surface area contributed by atoms with Crippen molar-refractivity contribution < 1.29 is 14.7 Å². The van der Waals surface area contributed by atoms with E-state index in [4.69, 9.17) is 5.11 Å². The number of carbonyl (C=O) groups is 2. The molecule has 0 radical (unpaired) electrons. The smallest absolute Gasteiger partial charge is 0.303 e. The van der Waals surface area contributed by atoms with E-state index in [1.807, 2.05) is 26.0 Å². The fourth-order valence-electron chi connectivity index (χ4n) is 2.08. The maximum Gasteiger partial charge on any atom is 0.303 e. The van der Waals surface area contributed by atoms with Gasteiger partial charge in [0.05, 0.1) is 0 Å². The van der Waals surface area contributed by atoms with Crippen molar-refractivity contribution in [2.24, 2.45) is 0 Å². The third-order valence-electron chi connectivity index (χ3n) is 3.35. The highest BCUT2D eigenvalue weighted by atomic mass is 79.9. The Hall–Kier alpha value is -1.36. The molecule has 1 aromatic rings. The molecule has 0 fully saturated rings. The van der Waals surface area contributed by atoms with Crippen LogP contribution in [0, 0.1) is 13.8 Å². The monoisotopic (exact) mass is 355 g/mol. The van der Waals surface area contributed by atoms with Crippen LogP contribution >= 0.6 is 15.9 Å². The Labute approximate surface area is 134 Å². The number of rotatable bonds is 8. The van der Waals surface area contributed by atoms with Gasteiger partial charge in [0, 0.05) is 23.0 Å². The van der Waals surface area contributed by atoms with Gasteiger partial charge in [-0.05, 0) is 49.9 Å². The van der Waals surface area contributed by atoms with Crippen LogP contribution in [0.2, 0.25) is 0 Å². The highest BCUT2D eigenvalue weighted by molar-refractivity contribution is 9.10. The van der Waals surface area contributed by atoms with Crippen molar-refractivity contribution in [1.29, 1.82) is 0 Å². The molecular formula is C16H22BrNO3. The van der Waals surface area contributed by atoms with Crippen LogP contribution in [-0.4, -0.2) is 23.5 Å². The van der Waals surface area contributed by atoms with Crippen molar-refractivity contribution >= 4 is 27.8 Å². The minimum atomic E-state index is -0.746. The predicted octanol–water partition coefficient (Wildman–Crippen LogP) is 3.83. The van der Waals surface area contributed by atoms with E-state index in [2.05, 4.69) is 21.2 Å². The molecule has 1 aromatic carbocycles. The van der Waals surface area contributed by atoms with E-state index in [1.54, 1.807) is 0 Å². The second-order valence-corrected chi connectivity index (χ2v) is 6.08. The van der Waals surface area contributed by atoms with E-state index in [-0.39, 0.29) is 12.3 Å². The first-order valence-electron chi connectivity index (χ1n) is 7.18. The van der Waals surface area contributed by atoms with Crippen molar-refractivity contribution in [3.63, 3.8) is 0 Å². The summed E-state index contributed by atoms with van der Waals surface area (Å²) in [5, 5.41) is 11.4. The second-order valence-electron chi connectivity index (χ2n) is 5.23. The SMILES string of the molecule is Cc1cc(C(=O)NCCCCCCC(=O)O)c(C)cc1Br. The Balaban J connectivity index is 2.31. The van der Waals surface area contributed by atoms with Crippen molar-refractivity contribution in [1.82, 2.24) is 5.32 Å². The molecule has 0 aliphatic carbocycles. The topological polar surface area (TPSA) is 66.4 Å². The number of halogens is 1. The lowest BCUT2D eigenvalue weighted by atomic mass is 10.0. The minimum absolute atomic E-state index is 0.0476. The Kier molecular flexibility index (Phi) is 7.43. The maximum absolute atomic E-state index is 12.1. The first-order valence-corrected chi connectivity index (χ1v) is 7.98. The Morgan fingerprint density at radius 3 is 2.43 bits per heavy atom. The predicted molar refractivity (Wildman–Crippen MR) is 86.7 cm³/mol. The summed E-state index contributed by atoms with van der Waals surface area (Å²) in [6.45, 7) is 4.51. The molecule has 2 N–H and O–H groups in total. The van der Waals surface area contributed by atoms with Gasteiger partial charge in [0.2, 0.25) is 0 Å². The molecule has 0 aliphatic heterocycles. The number of carboxylic acids is 1. The van der Waals surface area contributed by atoms with Gasteiger partial charge in [0.1, 0.15) is 0 Å². The molecule has 21 heavy (non-hydrogen) atoms. The largest absolute Gasteiger partial charge is 0.481 e. The molecule has 0 bridgehead atoms. The van der Waals surface area contributed by atoms with Crippen LogP contribution in [0.3, 0.4) is 0 Å². The number of hydrogen-bond acceptors (Lipinski definition) is 2. The van der Waals surface area contributed by atoms with Crippen LogP contribution in [0.5, 0.6) is 0 Å². The first-order chi connectivity index (χ1) is 9.91. The van der Waals surface area contributed by atoms with E-state index < -0.39 is 5.97 Å². The number of carbonyl (C=O) groups excluding carboxylic acids is 1. The van der Waals surface area contributed by atoms with Crippen LogP contribution < -0.4 is 5.32 Å². The number of hydrogen-bond donors (Lipinski definition) is 2. The number of benzene rings is 1. The summed E-state index contributed by atoms with van der Waals surface area (Å²) in [5.74, 6) is -0.793. The number of aryl methyl sites for hydroxylation is 2. The summed E-state index contributed by atoms with van der Waals surface area (Å²) >= 11 is 3.45. The highest BCUT2D eigenvalue weighted by Gasteiger charge is 2.10. The quantitative estimate of drug-likeness (QED) is 0.696. The van der Waals surface area contributed by atoms with Crippen LogP contribution in [0.1, 0.15) is 53.6 Å². The molecule has 0 saturated carbocycles. The number of nitrogens with one attached hydrogen (secondary N) is 1.